The first-order valence-corrected chi connectivity index (χ1v) is 8.68. The van der Waals surface area contributed by atoms with Crippen molar-refractivity contribution in [1.82, 2.24) is 9.88 Å². The third-order valence-corrected chi connectivity index (χ3v) is 4.82. The molecule has 1 unspecified atom stereocenters. The lowest BCUT2D eigenvalue weighted by Crippen LogP contribution is -2.40. The molecule has 1 aliphatic heterocycles. The molecule has 4 heteroatoms. The second-order valence-corrected chi connectivity index (χ2v) is 7.56. The van der Waals surface area contributed by atoms with Gasteiger partial charge in [0.15, 0.2) is 0 Å². The average molecular weight is 334 g/mol. The number of hydrogen-bond acceptors (Lipinski definition) is 3. The quantitative estimate of drug-likeness (QED) is 0.844. The van der Waals surface area contributed by atoms with Crippen LogP contribution in [-0.2, 0) is 16.1 Å². The molecule has 0 spiro atoms. The molecule has 4 nitrogen and oxygen atoms in total. The third-order valence-electron chi connectivity index (χ3n) is 4.82. The Balaban J connectivity index is 1.71. The van der Waals surface area contributed by atoms with Crippen LogP contribution in [0.4, 0.5) is 0 Å². The van der Waals surface area contributed by atoms with Crippen LogP contribution in [0, 0.1) is 5.41 Å². The van der Waals surface area contributed by atoms with Gasteiger partial charge in [-0.2, -0.15) is 0 Å². The van der Waals surface area contributed by atoms with Crippen molar-refractivity contribution in [3.05, 3.63) is 77.3 Å². The fourth-order valence-electron chi connectivity index (χ4n) is 3.64. The fourth-order valence-corrected chi connectivity index (χ4v) is 3.64. The summed E-state index contributed by atoms with van der Waals surface area (Å²) in [5, 5.41) is 0. The highest BCUT2D eigenvalue weighted by Gasteiger charge is 2.44. The Morgan fingerprint density at radius 1 is 1.12 bits per heavy atom. The molecule has 1 aromatic heterocycles. The standard InChI is InChI=1S/C21H22N2O2/c1-21(2)12-16-18(13-21)25-20(17-10-6-7-11-22-17)23(19(16)24)14-15-8-4-3-5-9-15/h3-11,20H,12-14H2,1-2H3. The lowest BCUT2D eigenvalue weighted by Gasteiger charge is -2.36. The van der Waals surface area contributed by atoms with Crippen molar-refractivity contribution in [3.8, 4) is 0 Å². The van der Waals surface area contributed by atoms with Gasteiger partial charge < -0.3 is 4.74 Å². The first-order chi connectivity index (χ1) is 12.0. The van der Waals surface area contributed by atoms with Crippen molar-refractivity contribution in [1.29, 1.82) is 0 Å². The summed E-state index contributed by atoms with van der Waals surface area (Å²) >= 11 is 0. The lowest BCUT2D eigenvalue weighted by atomic mass is 9.89. The molecule has 2 heterocycles. The van der Waals surface area contributed by atoms with Gasteiger partial charge in [0.2, 0.25) is 6.23 Å². The summed E-state index contributed by atoms with van der Waals surface area (Å²) in [6.45, 7) is 4.87. The van der Waals surface area contributed by atoms with E-state index >= 15 is 0 Å². The number of carbonyl (C=O) groups excluding carboxylic acids is 1. The van der Waals surface area contributed by atoms with Crippen molar-refractivity contribution in [2.75, 3.05) is 0 Å². The maximum absolute atomic E-state index is 13.2. The van der Waals surface area contributed by atoms with E-state index in [2.05, 4.69) is 18.8 Å². The summed E-state index contributed by atoms with van der Waals surface area (Å²) in [5.41, 5.74) is 2.75. The molecule has 0 radical (unpaired) electrons. The normalized spacial score (nSPS) is 21.9. The van der Waals surface area contributed by atoms with Crippen LogP contribution in [-0.4, -0.2) is 15.8 Å². The summed E-state index contributed by atoms with van der Waals surface area (Å²) in [7, 11) is 0. The average Bonchev–Trinajstić information content (AvgIpc) is 2.93. The first-order valence-electron chi connectivity index (χ1n) is 8.68. The van der Waals surface area contributed by atoms with Gasteiger partial charge in [-0.05, 0) is 29.5 Å². The Labute approximate surface area is 148 Å². The number of rotatable bonds is 3. The van der Waals surface area contributed by atoms with Crippen molar-refractivity contribution < 1.29 is 9.53 Å². The molecule has 0 saturated heterocycles. The Hall–Kier alpha value is -2.62. The molecule has 1 aliphatic carbocycles. The number of amides is 1. The molecule has 0 bridgehead atoms. The van der Waals surface area contributed by atoms with Crippen LogP contribution >= 0.6 is 0 Å². The summed E-state index contributed by atoms with van der Waals surface area (Å²) in [4.78, 5) is 19.5. The summed E-state index contributed by atoms with van der Waals surface area (Å²) in [6, 6.07) is 15.7. The Kier molecular flexibility index (Phi) is 3.83. The van der Waals surface area contributed by atoms with Gasteiger partial charge in [-0.1, -0.05) is 50.2 Å². The molecule has 1 aromatic carbocycles. The molecule has 1 atom stereocenters. The molecule has 128 valence electrons. The number of benzene rings is 1. The summed E-state index contributed by atoms with van der Waals surface area (Å²) < 4.78 is 6.31. The van der Waals surface area contributed by atoms with Crippen LogP contribution in [0.3, 0.4) is 0 Å². The van der Waals surface area contributed by atoms with Crippen molar-refractivity contribution in [3.63, 3.8) is 0 Å². The monoisotopic (exact) mass is 334 g/mol. The van der Waals surface area contributed by atoms with E-state index in [1.54, 1.807) is 11.1 Å². The highest BCUT2D eigenvalue weighted by Crippen LogP contribution is 2.47. The van der Waals surface area contributed by atoms with Gasteiger partial charge in [0, 0.05) is 19.2 Å². The van der Waals surface area contributed by atoms with Crippen molar-refractivity contribution in [2.24, 2.45) is 5.41 Å². The van der Waals surface area contributed by atoms with Crippen LogP contribution < -0.4 is 0 Å². The van der Waals surface area contributed by atoms with E-state index in [4.69, 9.17) is 4.74 Å². The topological polar surface area (TPSA) is 42.4 Å². The van der Waals surface area contributed by atoms with Crippen molar-refractivity contribution >= 4 is 5.91 Å². The lowest BCUT2D eigenvalue weighted by molar-refractivity contribution is -0.146. The SMILES string of the molecule is CC1(C)CC2=C(C1)C(=O)N(Cc1ccccc1)C(c1ccccn1)O2. The highest BCUT2D eigenvalue weighted by atomic mass is 16.5. The second kappa shape index (κ2) is 6.03. The molecule has 0 fully saturated rings. The van der Waals surface area contributed by atoms with E-state index in [0.29, 0.717) is 6.54 Å². The van der Waals surface area contributed by atoms with Gasteiger partial charge in [-0.25, -0.2) is 0 Å². The molecular weight excluding hydrogens is 312 g/mol. The third kappa shape index (κ3) is 3.04. The zero-order valence-corrected chi connectivity index (χ0v) is 14.6. The summed E-state index contributed by atoms with van der Waals surface area (Å²) in [5.74, 6) is 0.918. The number of ether oxygens (including phenoxy) is 1. The van der Waals surface area contributed by atoms with E-state index < -0.39 is 6.23 Å². The number of aromatic nitrogens is 1. The summed E-state index contributed by atoms with van der Waals surface area (Å²) in [6.07, 6.45) is 2.84. The minimum atomic E-state index is -0.471. The minimum absolute atomic E-state index is 0.0672. The molecule has 4 rings (SSSR count). The number of pyridine rings is 1. The van der Waals surface area contributed by atoms with Gasteiger partial charge >= 0.3 is 0 Å². The van der Waals surface area contributed by atoms with E-state index in [1.807, 2.05) is 48.5 Å². The van der Waals surface area contributed by atoms with Crippen LogP contribution in [0.1, 0.15) is 44.2 Å². The van der Waals surface area contributed by atoms with Crippen LogP contribution in [0.15, 0.2) is 66.1 Å². The van der Waals surface area contributed by atoms with Crippen LogP contribution in [0.2, 0.25) is 0 Å². The fraction of sp³-hybridized carbons (Fsp3) is 0.333. The molecule has 0 saturated carbocycles. The minimum Gasteiger partial charge on any atom is -0.468 e. The molecule has 2 aliphatic rings. The van der Waals surface area contributed by atoms with E-state index in [1.165, 1.54) is 0 Å². The molecular formula is C21H22N2O2. The Morgan fingerprint density at radius 3 is 2.60 bits per heavy atom. The van der Waals surface area contributed by atoms with Gasteiger partial charge in [0.05, 0.1) is 5.57 Å². The largest absolute Gasteiger partial charge is 0.468 e. The van der Waals surface area contributed by atoms with Crippen LogP contribution in [0.25, 0.3) is 0 Å². The predicted octanol–water partition coefficient (Wildman–Crippen LogP) is 4.21. The molecule has 2 aromatic rings. The highest BCUT2D eigenvalue weighted by molar-refractivity contribution is 5.95. The Bertz CT molecular complexity index is 812. The number of hydrogen-bond donors (Lipinski definition) is 0. The first kappa shape index (κ1) is 15.9. The smallest absolute Gasteiger partial charge is 0.256 e. The number of allylic oxidation sites excluding steroid dienone is 1. The predicted molar refractivity (Wildman–Crippen MR) is 95.1 cm³/mol. The maximum Gasteiger partial charge on any atom is 0.256 e. The van der Waals surface area contributed by atoms with E-state index in [0.717, 1.165) is 35.4 Å². The van der Waals surface area contributed by atoms with E-state index in [-0.39, 0.29) is 11.3 Å². The number of carbonyl (C=O) groups is 1. The zero-order chi connectivity index (χ0) is 17.4. The van der Waals surface area contributed by atoms with Gasteiger partial charge in [-0.15, -0.1) is 0 Å². The zero-order valence-electron chi connectivity index (χ0n) is 14.6. The molecule has 0 N–H and O–H groups in total. The number of nitrogens with zero attached hydrogens (tertiary/aromatic N) is 2. The maximum atomic E-state index is 13.2. The van der Waals surface area contributed by atoms with Gasteiger partial charge in [0.1, 0.15) is 11.5 Å². The van der Waals surface area contributed by atoms with E-state index in [9.17, 15) is 4.79 Å². The van der Waals surface area contributed by atoms with Crippen molar-refractivity contribution in [2.45, 2.75) is 39.5 Å². The second-order valence-electron chi connectivity index (χ2n) is 7.56. The molecule has 25 heavy (non-hydrogen) atoms. The molecule has 1 amide bonds. The Morgan fingerprint density at radius 2 is 1.88 bits per heavy atom. The van der Waals surface area contributed by atoms with Gasteiger partial charge in [0.25, 0.3) is 5.91 Å². The van der Waals surface area contributed by atoms with Crippen LogP contribution in [0.5, 0.6) is 0 Å². The van der Waals surface area contributed by atoms with Gasteiger partial charge in [-0.3, -0.25) is 14.7 Å².